The number of aromatic hydroxyl groups is 1. The molecule has 32 heavy (non-hydrogen) atoms. The maximum absolute atomic E-state index is 13.1. The first kappa shape index (κ1) is 24.4. The highest BCUT2D eigenvalue weighted by Crippen LogP contribution is 2.39. The van der Waals surface area contributed by atoms with Crippen molar-refractivity contribution < 1.29 is 23.2 Å². The zero-order valence-electron chi connectivity index (χ0n) is 20.0. The van der Waals surface area contributed by atoms with E-state index in [0.29, 0.717) is 24.5 Å². The molecule has 0 amide bonds. The highest BCUT2D eigenvalue weighted by Gasteiger charge is 2.32. The number of phenolic OH excluding ortho intramolecular Hbond substituents is 1. The number of hydrogen-bond acceptors (Lipinski definition) is 2. The highest BCUT2D eigenvalue weighted by molar-refractivity contribution is 5.50. The number of nitrogens with zero attached hydrogens (tertiary/aromatic N) is 1. The topological polar surface area (TPSA) is 27.9 Å². The van der Waals surface area contributed by atoms with Gasteiger partial charge in [-0.05, 0) is 41.2 Å². The van der Waals surface area contributed by atoms with Crippen LogP contribution in [0.1, 0.15) is 63.8 Å². The van der Waals surface area contributed by atoms with Crippen molar-refractivity contribution in [2.45, 2.75) is 65.1 Å². The summed E-state index contributed by atoms with van der Waals surface area (Å²) in [7, 11) is 0. The van der Waals surface area contributed by atoms with Crippen molar-refractivity contribution in [2.24, 2.45) is 0 Å². The number of piperazine rings is 1. The molecule has 1 heterocycles. The van der Waals surface area contributed by atoms with E-state index in [1.165, 1.54) is 22.6 Å². The third-order valence-electron chi connectivity index (χ3n) is 6.25. The molecular formula is C26H36F3N2O+. The smallest absolute Gasteiger partial charge is 0.416 e. The van der Waals surface area contributed by atoms with Gasteiger partial charge in [-0.1, -0.05) is 47.6 Å². The van der Waals surface area contributed by atoms with Crippen LogP contribution in [0.5, 0.6) is 5.75 Å². The Balaban J connectivity index is 1.75. The summed E-state index contributed by atoms with van der Waals surface area (Å²) in [4.78, 5) is 3.44. The molecule has 0 saturated carbocycles. The van der Waals surface area contributed by atoms with Gasteiger partial charge >= 0.3 is 6.18 Å². The average molecular weight is 450 g/mol. The minimum atomic E-state index is -4.32. The third kappa shape index (κ3) is 5.58. The standard InChI is InChI=1S/C26H35F3N2O/c1-24(2,3)21-14-18(15-22(23(21)32)25(4,5)6)17-30-10-12-31(13-11-30)20-9-7-8-19(16-20)26(27,28)29/h7-9,14-16,32H,10-13,17H2,1-6H3/p+1. The molecule has 0 unspecified atom stereocenters. The van der Waals surface area contributed by atoms with Gasteiger partial charge in [-0.2, -0.15) is 13.2 Å². The number of benzene rings is 2. The Morgan fingerprint density at radius 3 is 1.88 bits per heavy atom. The van der Waals surface area contributed by atoms with Crippen LogP contribution in [0.2, 0.25) is 0 Å². The van der Waals surface area contributed by atoms with E-state index < -0.39 is 11.7 Å². The molecule has 0 aromatic heterocycles. The fourth-order valence-electron chi connectivity index (χ4n) is 4.37. The third-order valence-corrected chi connectivity index (χ3v) is 6.25. The molecule has 0 atom stereocenters. The second kappa shape index (κ2) is 8.62. The van der Waals surface area contributed by atoms with Gasteiger partial charge in [0.05, 0.1) is 31.7 Å². The first-order valence-electron chi connectivity index (χ1n) is 11.3. The molecule has 1 aliphatic rings. The molecule has 6 heteroatoms. The van der Waals surface area contributed by atoms with Gasteiger partial charge in [-0.3, -0.25) is 0 Å². The van der Waals surface area contributed by atoms with E-state index >= 15 is 0 Å². The molecule has 176 valence electrons. The molecule has 1 saturated heterocycles. The van der Waals surface area contributed by atoms with Gasteiger partial charge in [-0.25, -0.2) is 0 Å². The van der Waals surface area contributed by atoms with Crippen molar-refractivity contribution in [1.29, 1.82) is 0 Å². The predicted octanol–water partition coefficient (Wildman–Crippen LogP) is 4.91. The average Bonchev–Trinajstić information content (AvgIpc) is 2.67. The van der Waals surface area contributed by atoms with Crippen LogP contribution in [0.15, 0.2) is 36.4 Å². The molecule has 2 aromatic carbocycles. The molecule has 1 aliphatic heterocycles. The van der Waals surface area contributed by atoms with Crippen molar-refractivity contribution in [1.82, 2.24) is 0 Å². The summed E-state index contributed by atoms with van der Waals surface area (Å²) in [6.45, 7) is 16.6. The minimum Gasteiger partial charge on any atom is -0.507 e. The van der Waals surface area contributed by atoms with Crippen LogP contribution in [0.3, 0.4) is 0 Å². The summed E-state index contributed by atoms with van der Waals surface area (Å²) in [5.41, 5.74) is 2.81. The molecule has 2 aromatic rings. The monoisotopic (exact) mass is 449 g/mol. The lowest BCUT2D eigenvalue weighted by atomic mass is 9.78. The zero-order chi connectivity index (χ0) is 23.9. The van der Waals surface area contributed by atoms with Crippen molar-refractivity contribution >= 4 is 5.69 Å². The predicted molar refractivity (Wildman–Crippen MR) is 124 cm³/mol. The summed E-state index contributed by atoms with van der Waals surface area (Å²) >= 11 is 0. The molecular weight excluding hydrogens is 413 g/mol. The number of halogens is 3. The van der Waals surface area contributed by atoms with E-state index in [9.17, 15) is 18.3 Å². The Morgan fingerprint density at radius 2 is 1.41 bits per heavy atom. The zero-order valence-corrected chi connectivity index (χ0v) is 20.0. The van der Waals surface area contributed by atoms with Crippen LogP contribution < -0.4 is 9.80 Å². The Morgan fingerprint density at radius 1 is 0.875 bits per heavy atom. The van der Waals surface area contributed by atoms with Crippen LogP contribution in [0, 0.1) is 0 Å². The molecule has 1 fully saturated rings. The maximum Gasteiger partial charge on any atom is 0.416 e. The second-order valence-electron chi connectivity index (χ2n) is 11.0. The van der Waals surface area contributed by atoms with Crippen molar-refractivity contribution in [3.05, 3.63) is 58.7 Å². The number of phenols is 1. The summed E-state index contributed by atoms with van der Waals surface area (Å²) in [6.07, 6.45) is -4.32. The van der Waals surface area contributed by atoms with E-state index in [2.05, 4.69) is 53.7 Å². The molecule has 0 radical (unpaired) electrons. The molecule has 3 rings (SSSR count). The Bertz CT molecular complexity index is 912. The molecule has 2 N–H and O–H groups in total. The number of hydrogen-bond donors (Lipinski definition) is 2. The summed E-state index contributed by atoms with van der Waals surface area (Å²) in [5, 5.41) is 10.9. The molecule has 0 aliphatic carbocycles. The Hall–Kier alpha value is -2.21. The van der Waals surface area contributed by atoms with Crippen LogP contribution in [0.25, 0.3) is 0 Å². The number of nitrogens with one attached hydrogen (secondary N) is 1. The van der Waals surface area contributed by atoms with E-state index in [1.807, 2.05) is 4.90 Å². The van der Waals surface area contributed by atoms with Gasteiger partial charge < -0.3 is 14.9 Å². The van der Waals surface area contributed by atoms with Crippen molar-refractivity contribution in [3.63, 3.8) is 0 Å². The Labute approximate surface area is 189 Å². The van der Waals surface area contributed by atoms with E-state index in [0.717, 1.165) is 36.8 Å². The van der Waals surface area contributed by atoms with Crippen LogP contribution in [-0.4, -0.2) is 31.3 Å². The first-order chi connectivity index (χ1) is 14.7. The van der Waals surface area contributed by atoms with Crippen LogP contribution in [0.4, 0.5) is 18.9 Å². The number of anilines is 1. The van der Waals surface area contributed by atoms with Crippen molar-refractivity contribution in [3.8, 4) is 5.75 Å². The molecule has 0 bridgehead atoms. The first-order valence-corrected chi connectivity index (χ1v) is 11.3. The van der Waals surface area contributed by atoms with E-state index in [4.69, 9.17) is 0 Å². The number of quaternary nitrogens is 1. The van der Waals surface area contributed by atoms with Gasteiger partial charge in [0.25, 0.3) is 0 Å². The lowest BCUT2D eigenvalue weighted by Crippen LogP contribution is -3.13. The van der Waals surface area contributed by atoms with Gasteiger partial charge in [0.2, 0.25) is 0 Å². The van der Waals surface area contributed by atoms with Gasteiger partial charge in [0.1, 0.15) is 12.3 Å². The fourth-order valence-corrected chi connectivity index (χ4v) is 4.37. The van der Waals surface area contributed by atoms with E-state index in [-0.39, 0.29) is 10.8 Å². The Kier molecular flexibility index (Phi) is 6.58. The summed E-state index contributed by atoms with van der Waals surface area (Å²) in [6, 6.07) is 9.85. The van der Waals surface area contributed by atoms with Crippen LogP contribution in [-0.2, 0) is 23.6 Å². The summed E-state index contributed by atoms with van der Waals surface area (Å²) < 4.78 is 39.2. The largest absolute Gasteiger partial charge is 0.507 e. The van der Waals surface area contributed by atoms with Crippen LogP contribution >= 0.6 is 0 Å². The van der Waals surface area contributed by atoms with Crippen molar-refractivity contribution in [2.75, 3.05) is 31.1 Å². The molecule has 3 nitrogen and oxygen atoms in total. The minimum absolute atomic E-state index is 0.169. The second-order valence-corrected chi connectivity index (χ2v) is 11.0. The fraction of sp³-hybridized carbons (Fsp3) is 0.538. The normalized spacial score (nSPS) is 16.5. The maximum atomic E-state index is 13.1. The SMILES string of the molecule is CC(C)(C)c1cc(C[NH+]2CCN(c3cccc(C(F)(F)F)c3)CC2)cc(C(C)(C)C)c1O. The van der Waals surface area contributed by atoms with E-state index in [1.54, 1.807) is 6.07 Å². The quantitative estimate of drug-likeness (QED) is 0.697. The highest BCUT2D eigenvalue weighted by atomic mass is 19.4. The summed E-state index contributed by atoms with van der Waals surface area (Å²) in [5.74, 6) is 0.387. The van der Waals surface area contributed by atoms with Gasteiger partial charge in [0, 0.05) is 22.4 Å². The number of rotatable bonds is 3. The van der Waals surface area contributed by atoms with Gasteiger partial charge in [-0.15, -0.1) is 0 Å². The lowest BCUT2D eigenvalue weighted by molar-refractivity contribution is -0.914. The number of alkyl halides is 3. The molecule has 0 spiro atoms. The van der Waals surface area contributed by atoms with Gasteiger partial charge in [0.15, 0.2) is 0 Å². The lowest BCUT2D eigenvalue weighted by Gasteiger charge is -2.34.